The molecule has 0 spiro atoms. The van der Waals surface area contributed by atoms with Gasteiger partial charge in [-0.1, -0.05) is 11.6 Å². The first-order valence-corrected chi connectivity index (χ1v) is 8.64. The third-order valence-electron chi connectivity index (χ3n) is 5.93. The summed E-state index contributed by atoms with van der Waals surface area (Å²) in [7, 11) is 1.95. The van der Waals surface area contributed by atoms with Crippen LogP contribution in [0, 0.1) is 5.92 Å². The van der Waals surface area contributed by atoms with Crippen molar-refractivity contribution in [1.29, 1.82) is 0 Å². The third-order valence-corrected chi connectivity index (χ3v) is 5.93. The average molecular weight is 314 g/mol. The van der Waals surface area contributed by atoms with Gasteiger partial charge in [-0.15, -0.1) is 15.3 Å². The molecule has 0 radical (unpaired) electrons. The molecule has 3 fully saturated rings. The Morgan fingerprint density at radius 3 is 3.00 bits per heavy atom. The summed E-state index contributed by atoms with van der Waals surface area (Å²) >= 11 is 0. The van der Waals surface area contributed by atoms with Crippen LogP contribution < -0.4 is 0 Å². The van der Waals surface area contributed by atoms with E-state index in [0.717, 1.165) is 37.1 Å². The lowest BCUT2D eigenvalue weighted by atomic mass is 9.80. The molecule has 0 amide bonds. The second-order valence-corrected chi connectivity index (χ2v) is 7.48. The van der Waals surface area contributed by atoms with Gasteiger partial charge in [-0.3, -0.25) is 9.58 Å². The van der Waals surface area contributed by atoms with Crippen molar-refractivity contribution >= 4 is 0 Å². The van der Waals surface area contributed by atoms with E-state index in [1.54, 1.807) is 0 Å². The Morgan fingerprint density at radius 1 is 1.30 bits per heavy atom. The molecule has 2 aromatic rings. The van der Waals surface area contributed by atoms with E-state index in [4.69, 9.17) is 4.42 Å². The van der Waals surface area contributed by atoms with Crippen LogP contribution in [-0.2, 0) is 19.0 Å². The largest absolute Gasteiger partial charge is 0.424 e. The fourth-order valence-corrected chi connectivity index (χ4v) is 4.48. The quantitative estimate of drug-likeness (QED) is 0.854. The van der Waals surface area contributed by atoms with Crippen molar-refractivity contribution in [2.45, 2.75) is 50.0 Å². The summed E-state index contributed by atoms with van der Waals surface area (Å²) in [6, 6.07) is 0. The maximum Gasteiger partial charge on any atom is 0.224 e. The minimum Gasteiger partial charge on any atom is -0.424 e. The van der Waals surface area contributed by atoms with E-state index in [9.17, 15) is 0 Å². The number of fused-ring (bicyclic) bond motifs is 1. The Morgan fingerprint density at radius 2 is 2.22 bits per heavy atom. The second kappa shape index (κ2) is 4.87. The number of rotatable bonds is 4. The predicted octanol–water partition coefficient (Wildman–Crippen LogP) is 1.63. The summed E-state index contributed by atoms with van der Waals surface area (Å²) in [6.45, 7) is 3.01. The molecule has 2 atom stereocenters. The minimum atomic E-state index is 0.0756. The van der Waals surface area contributed by atoms with Crippen LogP contribution in [0.4, 0.5) is 0 Å². The van der Waals surface area contributed by atoms with Gasteiger partial charge in [-0.25, -0.2) is 0 Å². The number of hydrogen-bond acceptors (Lipinski definition) is 6. The van der Waals surface area contributed by atoms with Crippen LogP contribution in [0.3, 0.4) is 0 Å². The van der Waals surface area contributed by atoms with Gasteiger partial charge in [0, 0.05) is 32.6 Å². The normalized spacial score (nSPS) is 30.9. The maximum absolute atomic E-state index is 6.12. The minimum absolute atomic E-state index is 0.0756. The summed E-state index contributed by atoms with van der Waals surface area (Å²) in [4.78, 5) is 2.50. The van der Waals surface area contributed by atoms with Crippen LogP contribution in [0.15, 0.2) is 10.6 Å². The number of hydrogen-bond donors (Lipinski definition) is 0. The summed E-state index contributed by atoms with van der Waals surface area (Å²) in [5.74, 6) is 2.93. The lowest BCUT2D eigenvalue weighted by Crippen LogP contribution is -2.32. The number of aryl methyl sites for hydroxylation is 1. The molecule has 3 aliphatic rings. The molecule has 2 aromatic heterocycles. The van der Waals surface area contributed by atoms with Crippen molar-refractivity contribution in [3.8, 4) is 0 Å². The van der Waals surface area contributed by atoms with E-state index in [2.05, 4.69) is 25.4 Å². The molecule has 3 heterocycles. The summed E-state index contributed by atoms with van der Waals surface area (Å²) in [5.41, 5.74) is 1.23. The third kappa shape index (κ3) is 2.13. The van der Waals surface area contributed by atoms with E-state index in [0.29, 0.717) is 11.8 Å². The van der Waals surface area contributed by atoms with Crippen molar-refractivity contribution in [2.75, 3.05) is 13.1 Å². The first kappa shape index (κ1) is 13.7. The highest BCUT2D eigenvalue weighted by atomic mass is 16.4. The van der Waals surface area contributed by atoms with Gasteiger partial charge in [0.2, 0.25) is 11.8 Å². The van der Waals surface area contributed by atoms with Gasteiger partial charge in [0.1, 0.15) is 0 Å². The predicted molar refractivity (Wildman–Crippen MR) is 81.6 cm³/mol. The zero-order valence-corrected chi connectivity index (χ0v) is 13.5. The lowest BCUT2D eigenvalue weighted by Gasteiger charge is -2.24. The van der Waals surface area contributed by atoms with E-state index >= 15 is 0 Å². The van der Waals surface area contributed by atoms with Gasteiger partial charge in [0.25, 0.3) is 0 Å². The molecule has 7 nitrogen and oxygen atoms in total. The fraction of sp³-hybridized carbons (Fsp3) is 0.750. The first-order valence-electron chi connectivity index (χ1n) is 8.64. The Hall–Kier alpha value is -1.76. The lowest BCUT2D eigenvalue weighted by molar-refractivity contribution is 0.260. The highest BCUT2D eigenvalue weighted by Gasteiger charge is 2.54. The van der Waals surface area contributed by atoms with Gasteiger partial charge in [-0.05, 0) is 31.6 Å². The first-order chi connectivity index (χ1) is 11.2. The molecule has 0 bridgehead atoms. The van der Waals surface area contributed by atoms with Gasteiger partial charge in [-0.2, -0.15) is 0 Å². The Balaban J connectivity index is 1.40. The molecule has 1 aliphatic heterocycles. The molecular formula is C16H22N6O. The van der Waals surface area contributed by atoms with Crippen LogP contribution in [0.5, 0.6) is 0 Å². The molecule has 0 N–H and O–H groups in total. The number of likely N-dealkylation sites (tertiary alicyclic amines) is 1. The smallest absolute Gasteiger partial charge is 0.224 e. The number of nitrogens with zero attached hydrogens (tertiary/aromatic N) is 6. The zero-order chi connectivity index (χ0) is 15.4. The van der Waals surface area contributed by atoms with Crippen LogP contribution in [0.2, 0.25) is 0 Å². The van der Waals surface area contributed by atoms with E-state index < -0.39 is 0 Å². The SMILES string of the molecule is Cn1nncc1CN1C[C@@H]2CCC[C@]2(c2nnc(C3CC3)o2)C1. The molecule has 122 valence electrons. The maximum atomic E-state index is 6.12. The Bertz CT molecular complexity index is 720. The average Bonchev–Trinajstić information content (AvgIpc) is 2.91. The Labute approximate surface area is 135 Å². The second-order valence-electron chi connectivity index (χ2n) is 7.48. The van der Waals surface area contributed by atoms with Crippen LogP contribution in [0.25, 0.3) is 0 Å². The Kier molecular flexibility index (Phi) is 2.89. The molecule has 0 aromatic carbocycles. The van der Waals surface area contributed by atoms with Crippen molar-refractivity contribution in [3.63, 3.8) is 0 Å². The highest BCUT2D eigenvalue weighted by molar-refractivity contribution is 5.18. The van der Waals surface area contributed by atoms with Crippen molar-refractivity contribution in [2.24, 2.45) is 13.0 Å². The van der Waals surface area contributed by atoms with Crippen molar-refractivity contribution in [1.82, 2.24) is 30.1 Å². The summed E-state index contributed by atoms with van der Waals surface area (Å²) in [6.07, 6.45) is 7.98. The summed E-state index contributed by atoms with van der Waals surface area (Å²) < 4.78 is 7.98. The fourth-order valence-electron chi connectivity index (χ4n) is 4.48. The summed E-state index contributed by atoms with van der Waals surface area (Å²) in [5, 5.41) is 16.8. The van der Waals surface area contributed by atoms with E-state index in [1.165, 1.54) is 32.1 Å². The van der Waals surface area contributed by atoms with Crippen LogP contribution >= 0.6 is 0 Å². The standard InChI is InChI=1S/C16H22N6O/c1-21-13(7-17-20-21)9-22-8-12-3-2-6-16(12,10-22)15-19-18-14(23-15)11-4-5-11/h7,11-12H,2-6,8-10H2,1H3/t12-,16-/m0/s1. The highest BCUT2D eigenvalue weighted by Crippen LogP contribution is 2.51. The molecule has 2 aliphatic carbocycles. The van der Waals surface area contributed by atoms with Gasteiger partial charge in [0.15, 0.2) is 0 Å². The molecule has 5 rings (SSSR count). The molecule has 23 heavy (non-hydrogen) atoms. The monoisotopic (exact) mass is 314 g/mol. The molecule has 1 saturated heterocycles. The van der Waals surface area contributed by atoms with E-state index in [1.807, 2.05) is 17.9 Å². The van der Waals surface area contributed by atoms with Gasteiger partial charge in [0.05, 0.1) is 17.3 Å². The van der Waals surface area contributed by atoms with Crippen molar-refractivity contribution < 1.29 is 4.42 Å². The number of aromatic nitrogens is 5. The molecule has 2 saturated carbocycles. The van der Waals surface area contributed by atoms with E-state index in [-0.39, 0.29) is 5.41 Å². The molecule has 7 heteroatoms. The van der Waals surface area contributed by atoms with Crippen LogP contribution in [0.1, 0.15) is 55.5 Å². The van der Waals surface area contributed by atoms with Crippen molar-refractivity contribution in [3.05, 3.63) is 23.7 Å². The molecular weight excluding hydrogens is 292 g/mol. The van der Waals surface area contributed by atoms with Gasteiger partial charge < -0.3 is 4.42 Å². The molecule has 0 unspecified atom stereocenters. The van der Waals surface area contributed by atoms with Gasteiger partial charge >= 0.3 is 0 Å². The zero-order valence-electron chi connectivity index (χ0n) is 13.5. The topological polar surface area (TPSA) is 72.9 Å². The van der Waals surface area contributed by atoms with Crippen LogP contribution in [-0.4, -0.2) is 43.2 Å².